The van der Waals surface area contributed by atoms with Gasteiger partial charge in [0.1, 0.15) is 5.52 Å². The van der Waals surface area contributed by atoms with E-state index in [1.54, 1.807) is 36.5 Å². The average molecular weight is 577 g/mol. The Morgan fingerprint density at radius 1 is 1.14 bits per heavy atom. The molecule has 0 unspecified atom stereocenters. The van der Waals surface area contributed by atoms with E-state index in [0.717, 1.165) is 18.8 Å². The standard InChI is InChI=1S/C29H33FN8O4/c1-17-13-38(14-18(2)32-17)24-5-4-21(28(40)33-20-10-19-15-36(3)35-26(19)23(30)11-20)27-22(24)12-31-29(34-27)42-16-25(39)37-6-8-41-9-7-37/h4-5,10-12,15,17-18,32H,6-9,13-14,16H2,1-3H3,(H,33,40)/t17-,18-/m0/s1. The van der Waals surface area contributed by atoms with Crippen molar-refractivity contribution in [2.24, 2.45) is 7.05 Å². The lowest BCUT2D eigenvalue weighted by atomic mass is 10.0. The fourth-order valence-electron chi connectivity index (χ4n) is 5.65. The molecule has 6 rings (SSSR count). The van der Waals surface area contributed by atoms with Gasteiger partial charge in [-0.05, 0) is 38.1 Å². The number of anilines is 2. The van der Waals surface area contributed by atoms with E-state index in [-0.39, 0.29) is 41.7 Å². The maximum atomic E-state index is 14.7. The summed E-state index contributed by atoms with van der Waals surface area (Å²) in [5.74, 6) is -1.19. The molecule has 0 spiro atoms. The quantitative estimate of drug-likeness (QED) is 0.356. The second-order valence-corrected chi connectivity index (χ2v) is 10.9. The minimum absolute atomic E-state index is 0.0137. The van der Waals surface area contributed by atoms with Gasteiger partial charge in [0, 0.05) is 79.9 Å². The van der Waals surface area contributed by atoms with Crippen LogP contribution in [-0.4, -0.2) is 94.5 Å². The summed E-state index contributed by atoms with van der Waals surface area (Å²) in [5.41, 5.74) is 2.05. The second-order valence-electron chi connectivity index (χ2n) is 10.9. The van der Waals surface area contributed by atoms with Crippen LogP contribution in [0.1, 0.15) is 24.2 Å². The number of hydrogen-bond donors (Lipinski definition) is 2. The summed E-state index contributed by atoms with van der Waals surface area (Å²) >= 11 is 0. The summed E-state index contributed by atoms with van der Waals surface area (Å²) in [6.45, 7) is 7.52. The zero-order chi connectivity index (χ0) is 29.4. The highest BCUT2D eigenvalue weighted by Crippen LogP contribution is 2.31. The number of morpholine rings is 1. The molecule has 0 saturated carbocycles. The summed E-state index contributed by atoms with van der Waals surface area (Å²) in [6, 6.07) is 7.02. The lowest BCUT2D eigenvalue weighted by molar-refractivity contribution is -0.137. The van der Waals surface area contributed by atoms with E-state index in [2.05, 4.69) is 44.4 Å². The summed E-state index contributed by atoms with van der Waals surface area (Å²) < 4.78 is 27.2. The van der Waals surface area contributed by atoms with Crippen LogP contribution in [0.25, 0.3) is 21.8 Å². The number of aryl methyl sites for hydroxylation is 1. The zero-order valence-electron chi connectivity index (χ0n) is 23.8. The number of carbonyl (C=O) groups excluding carboxylic acids is 2. The maximum Gasteiger partial charge on any atom is 0.317 e. The molecule has 13 heteroatoms. The molecule has 0 radical (unpaired) electrons. The van der Waals surface area contributed by atoms with Crippen molar-refractivity contribution < 1.29 is 23.5 Å². The van der Waals surface area contributed by atoms with E-state index in [0.29, 0.717) is 48.3 Å². The first-order chi connectivity index (χ1) is 20.2. The Bertz CT molecular complexity index is 1640. The number of aromatic nitrogens is 4. The second kappa shape index (κ2) is 11.5. The lowest BCUT2D eigenvalue weighted by Gasteiger charge is -2.38. The molecule has 2 aliphatic heterocycles. The van der Waals surface area contributed by atoms with Gasteiger partial charge in [-0.15, -0.1) is 0 Å². The molecule has 2 atom stereocenters. The number of nitrogens with one attached hydrogen (secondary N) is 2. The van der Waals surface area contributed by atoms with Crippen molar-refractivity contribution in [2.45, 2.75) is 25.9 Å². The molecule has 12 nitrogen and oxygen atoms in total. The third kappa shape index (κ3) is 5.70. The molecule has 4 aromatic rings. The molecule has 42 heavy (non-hydrogen) atoms. The molecule has 220 valence electrons. The summed E-state index contributed by atoms with van der Waals surface area (Å²) in [7, 11) is 1.71. The van der Waals surface area contributed by atoms with E-state index in [1.165, 1.54) is 10.7 Å². The fraction of sp³-hybridized carbons (Fsp3) is 0.414. The number of piperazine rings is 1. The van der Waals surface area contributed by atoms with E-state index in [9.17, 15) is 14.0 Å². The zero-order valence-corrected chi connectivity index (χ0v) is 23.8. The molecule has 2 aromatic heterocycles. The van der Waals surface area contributed by atoms with Gasteiger partial charge in [-0.25, -0.2) is 9.37 Å². The lowest BCUT2D eigenvalue weighted by Crippen LogP contribution is -2.54. The van der Waals surface area contributed by atoms with Crippen LogP contribution in [0.5, 0.6) is 6.01 Å². The van der Waals surface area contributed by atoms with Crippen LogP contribution in [0.4, 0.5) is 15.8 Å². The number of halogens is 1. The Morgan fingerprint density at radius 2 is 1.90 bits per heavy atom. The van der Waals surface area contributed by atoms with Crippen molar-refractivity contribution in [2.75, 3.05) is 56.2 Å². The normalized spacial score (nSPS) is 19.3. The molecule has 2 aromatic carbocycles. The van der Waals surface area contributed by atoms with Crippen LogP contribution in [0.2, 0.25) is 0 Å². The third-order valence-electron chi connectivity index (χ3n) is 7.47. The minimum atomic E-state index is -0.534. The van der Waals surface area contributed by atoms with Crippen molar-refractivity contribution in [3.63, 3.8) is 0 Å². The SMILES string of the molecule is C[C@H]1CN(c2ccc(C(=O)Nc3cc(F)c4nn(C)cc4c3)c3nc(OCC(=O)N4CCOCC4)ncc23)C[C@H](C)N1. The van der Waals surface area contributed by atoms with Crippen molar-refractivity contribution in [3.8, 4) is 6.01 Å². The molecule has 0 aliphatic carbocycles. The topological polar surface area (TPSA) is 127 Å². The van der Waals surface area contributed by atoms with Crippen LogP contribution in [0.3, 0.4) is 0 Å². The smallest absolute Gasteiger partial charge is 0.317 e. The van der Waals surface area contributed by atoms with Gasteiger partial charge in [-0.2, -0.15) is 10.1 Å². The van der Waals surface area contributed by atoms with E-state index in [1.807, 2.05) is 6.07 Å². The number of rotatable bonds is 6. The summed E-state index contributed by atoms with van der Waals surface area (Å²) in [5, 5.41) is 11.7. The van der Waals surface area contributed by atoms with E-state index in [4.69, 9.17) is 9.47 Å². The highest BCUT2D eigenvalue weighted by atomic mass is 19.1. The first-order valence-corrected chi connectivity index (χ1v) is 14.0. The van der Waals surface area contributed by atoms with Crippen LogP contribution in [0, 0.1) is 5.82 Å². The van der Waals surface area contributed by atoms with Gasteiger partial charge in [-0.3, -0.25) is 14.3 Å². The van der Waals surface area contributed by atoms with Crippen LogP contribution in [0.15, 0.2) is 36.7 Å². The van der Waals surface area contributed by atoms with Gasteiger partial charge in [0.05, 0.1) is 24.3 Å². The first kappa shape index (κ1) is 27.8. The number of nitrogens with zero attached hydrogens (tertiary/aromatic N) is 6. The van der Waals surface area contributed by atoms with Crippen molar-refractivity contribution in [3.05, 3.63) is 48.0 Å². The van der Waals surface area contributed by atoms with Gasteiger partial charge in [0.25, 0.3) is 11.8 Å². The van der Waals surface area contributed by atoms with E-state index >= 15 is 0 Å². The minimum Gasteiger partial charge on any atom is -0.453 e. The Morgan fingerprint density at radius 3 is 2.67 bits per heavy atom. The molecule has 2 N–H and O–H groups in total. The Balaban J connectivity index is 1.33. The van der Waals surface area contributed by atoms with Crippen LogP contribution < -0.4 is 20.3 Å². The van der Waals surface area contributed by atoms with Gasteiger partial charge >= 0.3 is 6.01 Å². The third-order valence-corrected chi connectivity index (χ3v) is 7.47. The highest BCUT2D eigenvalue weighted by Gasteiger charge is 2.25. The highest BCUT2D eigenvalue weighted by molar-refractivity contribution is 6.14. The van der Waals surface area contributed by atoms with Crippen LogP contribution >= 0.6 is 0 Å². The Labute approximate surface area is 241 Å². The van der Waals surface area contributed by atoms with E-state index < -0.39 is 11.7 Å². The predicted molar refractivity (Wildman–Crippen MR) is 155 cm³/mol. The van der Waals surface area contributed by atoms with Crippen LogP contribution in [-0.2, 0) is 16.6 Å². The number of amides is 2. The molecule has 2 fully saturated rings. The average Bonchev–Trinajstić information content (AvgIpc) is 3.35. The van der Waals surface area contributed by atoms with Crippen molar-refractivity contribution in [1.29, 1.82) is 0 Å². The predicted octanol–water partition coefficient (Wildman–Crippen LogP) is 2.33. The molecule has 2 saturated heterocycles. The molecule has 2 amide bonds. The van der Waals surface area contributed by atoms with Crippen molar-refractivity contribution in [1.82, 2.24) is 30.0 Å². The number of ether oxygens (including phenoxy) is 2. The van der Waals surface area contributed by atoms with Gasteiger partial charge in [-0.1, -0.05) is 0 Å². The Kier molecular flexibility index (Phi) is 7.60. The molecule has 2 aliphatic rings. The number of fused-ring (bicyclic) bond motifs is 2. The number of benzene rings is 2. The molecular weight excluding hydrogens is 543 g/mol. The largest absolute Gasteiger partial charge is 0.453 e. The van der Waals surface area contributed by atoms with Gasteiger partial charge in [0.2, 0.25) is 0 Å². The monoisotopic (exact) mass is 576 g/mol. The maximum absolute atomic E-state index is 14.7. The van der Waals surface area contributed by atoms with Crippen molar-refractivity contribution >= 4 is 45.0 Å². The number of hydrogen-bond acceptors (Lipinski definition) is 9. The molecule has 4 heterocycles. The fourth-order valence-corrected chi connectivity index (χ4v) is 5.65. The first-order valence-electron chi connectivity index (χ1n) is 14.0. The van der Waals surface area contributed by atoms with Gasteiger partial charge < -0.3 is 29.9 Å². The summed E-state index contributed by atoms with van der Waals surface area (Å²) in [4.78, 5) is 39.1. The molecule has 0 bridgehead atoms. The van der Waals surface area contributed by atoms with Gasteiger partial charge in [0.15, 0.2) is 12.4 Å². The Hall–Kier alpha value is -4.36. The number of carbonyl (C=O) groups is 2. The molecular formula is C29H33FN8O4. The summed E-state index contributed by atoms with van der Waals surface area (Å²) in [6.07, 6.45) is 3.31.